The maximum Gasteiger partial charge on any atom is 0.245 e. The van der Waals surface area contributed by atoms with Crippen molar-refractivity contribution in [2.75, 3.05) is 0 Å². The molecule has 1 aliphatic heterocycles. The predicted octanol–water partition coefficient (Wildman–Crippen LogP) is -0.0756. The Hall–Kier alpha value is -1.57. The van der Waals surface area contributed by atoms with Gasteiger partial charge in [-0.15, -0.1) is 0 Å². The minimum absolute atomic E-state index is 0.121. The molecule has 5 heteroatoms. The largest absolute Gasteiger partial charge is 0.387 e. The van der Waals surface area contributed by atoms with E-state index in [-0.39, 0.29) is 18.0 Å². The molecule has 0 saturated carbocycles. The van der Waals surface area contributed by atoms with Gasteiger partial charge in [-0.25, -0.2) is 0 Å². The molecule has 0 fully saturated rings. The normalized spacial score (nSPS) is 22.3. The summed E-state index contributed by atoms with van der Waals surface area (Å²) in [5.41, 5.74) is 5.47. The zero-order chi connectivity index (χ0) is 10.6. The second-order valence-electron chi connectivity index (χ2n) is 3.45. The molecule has 0 aromatic heterocycles. The molecule has 1 amide bonds. The fourth-order valence-corrected chi connectivity index (χ4v) is 1.33. The molecule has 0 aromatic carbocycles. The van der Waals surface area contributed by atoms with E-state index in [2.05, 4.69) is 10.3 Å². The van der Waals surface area contributed by atoms with Crippen molar-refractivity contribution in [3.05, 3.63) is 0 Å². The highest BCUT2D eigenvalue weighted by atomic mass is 16.2. The van der Waals surface area contributed by atoms with Crippen molar-refractivity contribution in [3.63, 3.8) is 0 Å². The fraction of sp³-hybridized carbons (Fsp3) is 0.667. The zero-order valence-electron chi connectivity index (χ0n) is 8.16. The van der Waals surface area contributed by atoms with Crippen LogP contribution in [-0.2, 0) is 4.79 Å². The Labute approximate surface area is 83.0 Å². The molecule has 1 aliphatic rings. The summed E-state index contributed by atoms with van der Waals surface area (Å²) >= 11 is 0. The van der Waals surface area contributed by atoms with Crippen LogP contribution in [-0.4, -0.2) is 23.8 Å². The number of hydrogen-bond acceptors (Lipinski definition) is 4. The number of amides is 1. The minimum Gasteiger partial charge on any atom is -0.387 e. The Balaban J connectivity index is 2.40. The van der Waals surface area contributed by atoms with Crippen molar-refractivity contribution >= 4 is 11.7 Å². The van der Waals surface area contributed by atoms with Gasteiger partial charge in [0.15, 0.2) is 0 Å². The van der Waals surface area contributed by atoms with Gasteiger partial charge in [0.25, 0.3) is 0 Å². The van der Waals surface area contributed by atoms with Crippen LogP contribution in [0.4, 0.5) is 0 Å². The van der Waals surface area contributed by atoms with Crippen LogP contribution in [0.15, 0.2) is 4.99 Å². The predicted molar refractivity (Wildman–Crippen MR) is 52.5 cm³/mol. The van der Waals surface area contributed by atoms with E-state index >= 15 is 0 Å². The van der Waals surface area contributed by atoms with Crippen LogP contribution in [0.2, 0.25) is 0 Å². The summed E-state index contributed by atoms with van der Waals surface area (Å²) in [6.45, 7) is 1.79. The number of nitrogens with two attached hydrogens (primary N) is 1. The number of nitrogens with zero attached hydrogens (tertiary/aromatic N) is 2. The van der Waals surface area contributed by atoms with E-state index in [1.807, 2.05) is 6.07 Å². The van der Waals surface area contributed by atoms with Gasteiger partial charge < -0.3 is 11.1 Å². The van der Waals surface area contributed by atoms with Crippen LogP contribution in [0, 0.1) is 11.3 Å². The molecule has 0 radical (unpaired) electrons. The molecule has 2 atom stereocenters. The van der Waals surface area contributed by atoms with Crippen molar-refractivity contribution in [2.45, 2.75) is 38.3 Å². The third-order valence-electron chi connectivity index (χ3n) is 2.08. The van der Waals surface area contributed by atoms with Crippen LogP contribution in [0.5, 0.6) is 0 Å². The van der Waals surface area contributed by atoms with Crippen molar-refractivity contribution < 1.29 is 4.79 Å². The molecular formula is C9H14N4O. The first-order valence-electron chi connectivity index (χ1n) is 4.63. The standard InChI is InChI=1S/C9H14N4O/c1-6(4-5-10)12-9(14)7-2-3-8(11)13-7/h6-7H,2-4H2,1H3,(H2,11,13)(H,12,14)/t6-,7-/m0/s1. The van der Waals surface area contributed by atoms with Gasteiger partial charge in [-0.05, 0) is 13.3 Å². The number of nitrogens with one attached hydrogen (secondary N) is 1. The van der Waals surface area contributed by atoms with Crippen LogP contribution in [0.25, 0.3) is 0 Å². The lowest BCUT2D eigenvalue weighted by Gasteiger charge is -2.12. The first-order valence-corrected chi connectivity index (χ1v) is 4.63. The fourth-order valence-electron chi connectivity index (χ4n) is 1.33. The van der Waals surface area contributed by atoms with Gasteiger partial charge in [-0.3, -0.25) is 9.79 Å². The highest BCUT2D eigenvalue weighted by Gasteiger charge is 2.23. The molecule has 0 aromatic rings. The number of rotatable bonds is 3. The minimum atomic E-state index is -0.351. The summed E-state index contributed by atoms with van der Waals surface area (Å²) in [5.74, 6) is 0.409. The molecule has 3 N–H and O–H groups in total. The van der Waals surface area contributed by atoms with Gasteiger partial charge in [0, 0.05) is 12.5 Å². The summed E-state index contributed by atoms with van der Waals surface area (Å²) in [6, 6.07) is 1.53. The quantitative estimate of drug-likeness (QED) is 0.658. The van der Waals surface area contributed by atoms with Crippen molar-refractivity contribution in [1.29, 1.82) is 5.26 Å². The Morgan fingerprint density at radius 2 is 2.64 bits per heavy atom. The zero-order valence-corrected chi connectivity index (χ0v) is 8.16. The monoisotopic (exact) mass is 194 g/mol. The second-order valence-corrected chi connectivity index (χ2v) is 3.45. The Morgan fingerprint density at radius 1 is 1.93 bits per heavy atom. The molecule has 14 heavy (non-hydrogen) atoms. The summed E-state index contributed by atoms with van der Waals surface area (Å²) in [4.78, 5) is 15.5. The molecule has 0 aliphatic carbocycles. The molecule has 1 heterocycles. The topological polar surface area (TPSA) is 91.3 Å². The van der Waals surface area contributed by atoms with Gasteiger partial charge in [-0.2, -0.15) is 5.26 Å². The molecule has 0 unspecified atom stereocenters. The molecule has 76 valence electrons. The maximum atomic E-state index is 11.5. The lowest BCUT2D eigenvalue weighted by atomic mass is 10.2. The van der Waals surface area contributed by atoms with E-state index in [1.165, 1.54) is 0 Å². The smallest absolute Gasteiger partial charge is 0.245 e. The van der Waals surface area contributed by atoms with Gasteiger partial charge in [0.2, 0.25) is 5.91 Å². The first-order chi connectivity index (χ1) is 6.63. The molecule has 0 bridgehead atoms. The van der Waals surface area contributed by atoms with Crippen molar-refractivity contribution in [2.24, 2.45) is 10.7 Å². The molecule has 0 saturated heterocycles. The Kier molecular flexibility index (Phi) is 3.46. The highest BCUT2D eigenvalue weighted by molar-refractivity contribution is 5.90. The van der Waals surface area contributed by atoms with Crippen LogP contribution in [0.3, 0.4) is 0 Å². The number of aliphatic imine (C=N–C) groups is 1. The van der Waals surface area contributed by atoms with E-state index in [0.717, 1.165) is 0 Å². The lowest BCUT2D eigenvalue weighted by Crippen LogP contribution is -2.38. The van der Waals surface area contributed by atoms with E-state index in [0.29, 0.717) is 25.1 Å². The highest BCUT2D eigenvalue weighted by Crippen LogP contribution is 2.11. The van der Waals surface area contributed by atoms with Crippen LogP contribution in [0.1, 0.15) is 26.2 Å². The van der Waals surface area contributed by atoms with Crippen LogP contribution >= 0.6 is 0 Å². The average Bonchev–Trinajstić information content (AvgIpc) is 2.52. The number of nitriles is 1. The van der Waals surface area contributed by atoms with Gasteiger partial charge in [-0.1, -0.05) is 0 Å². The number of amidine groups is 1. The second kappa shape index (κ2) is 4.61. The van der Waals surface area contributed by atoms with Gasteiger partial charge >= 0.3 is 0 Å². The van der Waals surface area contributed by atoms with E-state index < -0.39 is 0 Å². The van der Waals surface area contributed by atoms with Gasteiger partial charge in [0.05, 0.1) is 18.3 Å². The Bertz CT molecular complexity index is 292. The molecule has 5 nitrogen and oxygen atoms in total. The van der Waals surface area contributed by atoms with Crippen molar-refractivity contribution in [3.8, 4) is 6.07 Å². The number of carbonyl (C=O) groups is 1. The third-order valence-corrected chi connectivity index (χ3v) is 2.08. The molecule has 1 rings (SSSR count). The number of carbonyl (C=O) groups excluding carboxylic acids is 1. The average molecular weight is 194 g/mol. The molecule has 0 spiro atoms. The third kappa shape index (κ3) is 2.73. The summed E-state index contributed by atoms with van der Waals surface area (Å²) in [7, 11) is 0. The summed E-state index contributed by atoms with van der Waals surface area (Å²) in [6.07, 6.45) is 1.68. The van der Waals surface area contributed by atoms with E-state index in [4.69, 9.17) is 11.0 Å². The Morgan fingerprint density at radius 3 is 3.14 bits per heavy atom. The van der Waals surface area contributed by atoms with Crippen LogP contribution < -0.4 is 11.1 Å². The summed E-state index contributed by atoms with van der Waals surface area (Å²) < 4.78 is 0. The lowest BCUT2D eigenvalue weighted by molar-refractivity contribution is -0.122. The van der Waals surface area contributed by atoms with Crippen molar-refractivity contribution in [1.82, 2.24) is 5.32 Å². The molecular weight excluding hydrogens is 180 g/mol. The van der Waals surface area contributed by atoms with E-state index in [1.54, 1.807) is 6.92 Å². The first kappa shape index (κ1) is 10.5. The van der Waals surface area contributed by atoms with Gasteiger partial charge in [0.1, 0.15) is 6.04 Å². The number of hydrogen-bond donors (Lipinski definition) is 2. The van der Waals surface area contributed by atoms with E-state index in [9.17, 15) is 4.79 Å². The maximum absolute atomic E-state index is 11.5. The SMILES string of the molecule is C[C@@H](CC#N)NC(=O)[C@@H]1CCC(N)=N1. The summed E-state index contributed by atoms with van der Waals surface area (Å²) in [5, 5.41) is 11.1.